The number of amides is 1. The topological polar surface area (TPSA) is 41.1 Å². The van der Waals surface area contributed by atoms with Crippen LogP contribution < -0.4 is 10.6 Å². The van der Waals surface area contributed by atoms with Crippen molar-refractivity contribution in [3.63, 3.8) is 0 Å². The number of nitrogens with one attached hydrogen (secondary N) is 2. The molecule has 1 fully saturated rings. The summed E-state index contributed by atoms with van der Waals surface area (Å²) >= 11 is 0. The highest BCUT2D eigenvalue weighted by molar-refractivity contribution is 5.78. The third-order valence-electron chi connectivity index (χ3n) is 4.16. The van der Waals surface area contributed by atoms with E-state index in [1.165, 1.54) is 5.56 Å². The largest absolute Gasteiger partial charge is 0.353 e. The SMILES string of the molecule is CC(C)Cc1ccc(CC(=O)NC2CCNCC2C)cc1. The summed E-state index contributed by atoms with van der Waals surface area (Å²) in [7, 11) is 0. The Morgan fingerprint density at radius 1 is 1.29 bits per heavy atom. The van der Waals surface area contributed by atoms with Crippen LogP contribution in [0.5, 0.6) is 0 Å². The van der Waals surface area contributed by atoms with Gasteiger partial charge in [-0.05, 0) is 48.9 Å². The minimum Gasteiger partial charge on any atom is -0.353 e. The van der Waals surface area contributed by atoms with Gasteiger partial charge in [0, 0.05) is 6.04 Å². The lowest BCUT2D eigenvalue weighted by molar-refractivity contribution is -0.121. The van der Waals surface area contributed by atoms with Crippen LogP contribution in [0.3, 0.4) is 0 Å². The molecule has 1 amide bonds. The lowest BCUT2D eigenvalue weighted by Crippen LogP contribution is -2.48. The van der Waals surface area contributed by atoms with Crippen molar-refractivity contribution in [1.29, 1.82) is 0 Å². The van der Waals surface area contributed by atoms with Gasteiger partial charge in [-0.2, -0.15) is 0 Å². The van der Waals surface area contributed by atoms with Crippen LogP contribution in [0.15, 0.2) is 24.3 Å². The van der Waals surface area contributed by atoms with Crippen LogP contribution in [-0.2, 0) is 17.6 Å². The molecule has 1 heterocycles. The maximum atomic E-state index is 12.2. The van der Waals surface area contributed by atoms with E-state index in [-0.39, 0.29) is 5.91 Å². The molecular weight excluding hydrogens is 260 g/mol. The Labute approximate surface area is 128 Å². The number of benzene rings is 1. The first-order chi connectivity index (χ1) is 10.0. The van der Waals surface area contributed by atoms with Gasteiger partial charge in [0.1, 0.15) is 0 Å². The second kappa shape index (κ2) is 7.60. The molecule has 0 radical (unpaired) electrons. The highest BCUT2D eigenvalue weighted by Crippen LogP contribution is 2.12. The van der Waals surface area contributed by atoms with Crippen LogP contribution in [0.1, 0.15) is 38.3 Å². The zero-order chi connectivity index (χ0) is 15.2. The summed E-state index contributed by atoms with van der Waals surface area (Å²) in [5, 5.41) is 6.54. The van der Waals surface area contributed by atoms with Gasteiger partial charge in [-0.1, -0.05) is 45.0 Å². The minimum atomic E-state index is 0.144. The molecule has 2 atom stereocenters. The van der Waals surface area contributed by atoms with Gasteiger partial charge in [-0.15, -0.1) is 0 Å². The van der Waals surface area contributed by atoms with E-state index in [1.807, 2.05) is 0 Å². The van der Waals surface area contributed by atoms with Crippen LogP contribution in [0.2, 0.25) is 0 Å². The lowest BCUT2D eigenvalue weighted by atomic mass is 9.95. The quantitative estimate of drug-likeness (QED) is 0.874. The molecule has 1 aromatic rings. The summed E-state index contributed by atoms with van der Waals surface area (Å²) in [5.41, 5.74) is 2.45. The average Bonchev–Trinajstić information content (AvgIpc) is 2.43. The average molecular weight is 288 g/mol. The van der Waals surface area contributed by atoms with Crippen LogP contribution in [0.25, 0.3) is 0 Å². The van der Waals surface area contributed by atoms with Crippen molar-refractivity contribution in [1.82, 2.24) is 10.6 Å². The maximum absolute atomic E-state index is 12.2. The maximum Gasteiger partial charge on any atom is 0.224 e. The minimum absolute atomic E-state index is 0.144. The monoisotopic (exact) mass is 288 g/mol. The number of carbonyl (C=O) groups is 1. The van der Waals surface area contributed by atoms with Gasteiger partial charge in [0.2, 0.25) is 5.91 Å². The molecule has 0 aromatic heterocycles. The van der Waals surface area contributed by atoms with Crippen molar-refractivity contribution >= 4 is 5.91 Å². The zero-order valence-electron chi connectivity index (χ0n) is 13.5. The van der Waals surface area contributed by atoms with Crippen LogP contribution >= 0.6 is 0 Å². The molecule has 1 saturated heterocycles. The fraction of sp³-hybridized carbons (Fsp3) is 0.611. The number of hydrogen-bond acceptors (Lipinski definition) is 2. The molecule has 2 N–H and O–H groups in total. The molecule has 1 aromatic carbocycles. The molecule has 2 unspecified atom stereocenters. The number of piperidine rings is 1. The summed E-state index contributed by atoms with van der Waals surface area (Å²) in [6.45, 7) is 8.63. The standard InChI is InChI=1S/C18H28N2O/c1-13(2)10-15-4-6-16(7-5-15)11-18(21)20-17-8-9-19-12-14(17)3/h4-7,13-14,17,19H,8-12H2,1-3H3,(H,20,21). The van der Waals surface area contributed by atoms with Crippen LogP contribution in [0, 0.1) is 11.8 Å². The molecule has 1 aliphatic heterocycles. The first-order valence-corrected chi connectivity index (χ1v) is 8.12. The van der Waals surface area contributed by atoms with E-state index in [1.54, 1.807) is 0 Å². The molecule has 0 spiro atoms. The van der Waals surface area contributed by atoms with Crippen molar-refractivity contribution in [3.8, 4) is 0 Å². The van der Waals surface area contributed by atoms with E-state index >= 15 is 0 Å². The number of carbonyl (C=O) groups excluding carboxylic acids is 1. The second-order valence-corrected chi connectivity index (χ2v) is 6.74. The first kappa shape index (κ1) is 16.0. The Bertz CT molecular complexity index is 453. The number of hydrogen-bond donors (Lipinski definition) is 2. The van der Waals surface area contributed by atoms with Crippen molar-refractivity contribution in [2.24, 2.45) is 11.8 Å². The lowest BCUT2D eigenvalue weighted by Gasteiger charge is -2.30. The normalized spacial score (nSPS) is 22.3. The Hall–Kier alpha value is -1.35. The highest BCUT2D eigenvalue weighted by atomic mass is 16.1. The summed E-state index contributed by atoms with van der Waals surface area (Å²) in [4.78, 5) is 12.2. The van der Waals surface area contributed by atoms with Gasteiger partial charge in [0.25, 0.3) is 0 Å². The number of rotatable bonds is 5. The molecule has 3 heteroatoms. The van der Waals surface area contributed by atoms with E-state index in [2.05, 4.69) is 55.7 Å². The smallest absolute Gasteiger partial charge is 0.224 e. The van der Waals surface area contributed by atoms with Crippen LogP contribution in [-0.4, -0.2) is 25.0 Å². The predicted octanol–water partition coefficient (Wildman–Crippen LogP) is 2.54. The van der Waals surface area contributed by atoms with Gasteiger partial charge < -0.3 is 10.6 Å². The summed E-state index contributed by atoms with van der Waals surface area (Å²) in [6.07, 6.45) is 2.61. The van der Waals surface area contributed by atoms with E-state index in [9.17, 15) is 4.79 Å². The van der Waals surface area contributed by atoms with Crippen LogP contribution in [0.4, 0.5) is 0 Å². The van der Waals surface area contributed by atoms with Crippen molar-refractivity contribution < 1.29 is 4.79 Å². The Kier molecular flexibility index (Phi) is 5.80. The van der Waals surface area contributed by atoms with Gasteiger partial charge in [0.15, 0.2) is 0 Å². The van der Waals surface area contributed by atoms with Crippen molar-refractivity contribution in [2.45, 2.75) is 46.1 Å². The Balaban J connectivity index is 1.84. The molecule has 0 saturated carbocycles. The summed E-state index contributed by atoms with van der Waals surface area (Å²) in [5.74, 6) is 1.32. The summed E-state index contributed by atoms with van der Waals surface area (Å²) < 4.78 is 0. The molecule has 1 aliphatic rings. The predicted molar refractivity (Wildman–Crippen MR) is 87.3 cm³/mol. The van der Waals surface area contributed by atoms with E-state index < -0.39 is 0 Å². The fourth-order valence-electron chi connectivity index (χ4n) is 2.94. The van der Waals surface area contributed by atoms with Crippen molar-refractivity contribution in [2.75, 3.05) is 13.1 Å². The van der Waals surface area contributed by atoms with Gasteiger partial charge in [-0.25, -0.2) is 0 Å². The van der Waals surface area contributed by atoms with Gasteiger partial charge in [-0.3, -0.25) is 4.79 Å². The molecule has 116 valence electrons. The van der Waals surface area contributed by atoms with E-state index in [0.717, 1.165) is 31.5 Å². The second-order valence-electron chi connectivity index (χ2n) is 6.74. The Morgan fingerprint density at radius 3 is 2.57 bits per heavy atom. The molecule has 3 nitrogen and oxygen atoms in total. The molecular formula is C18H28N2O. The molecule has 0 bridgehead atoms. The third kappa shape index (κ3) is 5.16. The molecule has 21 heavy (non-hydrogen) atoms. The van der Waals surface area contributed by atoms with Crippen molar-refractivity contribution in [3.05, 3.63) is 35.4 Å². The zero-order valence-corrected chi connectivity index (χ0v) is 13.5. The highest BCUT2D eigenvalue weighted by Gasteiger charge is 2.22. The fourth-order valence-corrected chi connectivity index (χ4v) is 2.94. The van der Waals surface area contributed by atoms with E-state index in [0.29, 0.717) is 24.3 Å². The van der Waals surface area contributed by atoms with Gasteiger partial charge in [0.05, 0.1) is 6.42 Å². The molecule has 0 aliphatic carbocycles. The molecule has 2 rings (SSSR count). The summed E-state index contributed by atoms with van der Waals surface area (Å²) in [6, 6.07) is 8.79. The third-order valence-corrected chi connectivity index (χ3v) is 4.16. The van der Waals surface area contributed by atoms with E-state index in [4.69, 9.17) is 0 Å². The van der Waals surface area contributed by atoms with Gasteiger partial charge >= 0.3 is 0 Å². The first-order valence-electron chi connectivity index (χ1n) is 8.12. The Morgan fingerprint density at radius 2 is 1.95 bits per heavy atom.